The second-order valence-electron chi connectivity index (χ2n) is 6.17. The highest BCUT2D eigenvalue weighted by Crippen LogP contribution is 2.24. The van der Waals surface area contributed by atoms with Crippen LogP contribution in [0.2, 0.25) is 5.02 Å². The SMILES string of the molecule is N#Cc1ccc(OCc2ccc(NC(=O)Cc3cccc(F)c3Cl)cc2Br)cc1. The van der Waals surface area contributed by atoms with Crippen LogP contribution in [0.5, 0.6) is 5.75 Å². The third-order valence-electron chi connectivity index (χ3n) is 4.10. The highest BCUT2D eigenvalue weighted by Gasteiger charge is 2.11. The van der Waals surface area contributed by atoms with Gasteiger partial charge in [0.25, 0.3) is 0 Å². The summed E-state index contributed by atoms with van der Waals surface area (Å²) in [7, 11) is 0. The van der Waals surface area contributed by atoms with Gasteiger partial charge in [-0.2, -0.15) is 5.26 Å². The number of anilines is 1. The number of hydrogen-bond donors (Lipinski definition) is 1. The molecule has 0 aliphatic rings. The predicted molar refractivity (Wildman–Crippen MR) is 113 cm³/mol. The first-order chi connectivity index (χ1) is 14.0. The zero-order valence-corrected chi connectivity index (χ0v) is 17.4. The van der Waals surface area contributed by atoms with Gasteiger partial charge in [0.2, 0.25) is 5.91 Å². The Labute approximate surface area is 181 Å². The Morgan fingerprint density at radius 3 is 2.59 bits per heavy atom. The number of rotatable bonds is 6. The minimum absolute atomic E-state index is 0.0300. The average molecular weight is 474 g/mol. The molecule has 3 aromatic rings. The molecule has 3 rings (SSSR count). The molecule has 1 amide bonds. The fourth-order valence-electron chi connectivity index (χ4n) is 2.59. The molecule has 29 heavy (non-hydrogen) atoms. The van der Waals surface area contributed by atoms with Crippen molar-refractivity contribution in [1.82, 2.24) is 0 Å². The van der Waals surface area contributed by atoms with E-state index in [0.29, 0.717) is 29.2 Å². The monoisotopic (exact) mass is 472 g/mol. The minimum atomic E-state index is -0.550. The van der Waals surface area contributed by atoms with Crippen molar-refractivity contribution in [1.29, 1.82) is 5.26 Å². The van der Waals surface area contributed by atoms with Crippen LogP contribution in [-0.4, -0.2) is 5.91 Å². The molecule has 0 aliphatic heterocycles. The summed E-state index contributed by atoms with van der Waals surface area (Å²) in [5.41, 5.74) is 2.48. The lowest BCUT2D eigenvalue weighted by Crippen LogP contribution is -2.15. The summed E-state index contributed by atoms with van der Waals surface area (Å²) < 4.78 is 20.0. The first-order valence-electron chi connectivity index (χ1n) is 8.60. The van der Waals surface area contributed by atoms with Crippen LogP contribution >= 0.6 is 27.5 Å². The second-order valence-corrected chi connectivity index (χ2v) is 7.40. The van der Waals surface area contributed by atoms with Crippen LogP contribution in [0, 0.1) is 17.1 Å². The van der Waals surface area contributed by atoms with Crippen molar-refractivity contribution in [2.75, 3.05) is 5.32 Å². The first-order valence-corrected chi connectivity index (χ1v) is 9.77. The first kappa shape index (κ1) is 20.8. The third-order valence-corrected chi connectivity index (χ3v) is 5.26. The zero-order chi connectivity index (χ0) is 20.8. The van der Waals surface area contributed by atoms with E-state index in [9.17, 15) is 9.18 Å². The van der Waals surface area contributed by atoms with Gasteiger partial charge in [0, 0.05) is 15.7 Å². The number of carbonyl (C=O) groups excluding carboxylic acids is 1. The number of halogens is 3. The number of nitrogens with one attached hydrogen (secondary N) is 1. The Hall–Kier alpha value is -2.88. The Bertz CT molecular complexity index is 1080. The van der Waals surface area contributed by atoms with Crippen molar-refractivity contribution in [3.8, 4) is 11.8 Å². The predicted octanol–water partition coefficient (Wildman–Crippen LogP) is 5.87. The molecule has 0 bridgehead atoms. The summed E-state index contributed by atoms with van der Waals surface area (Å²) in [6.45, 7) is 0.319. The van der Waals surface area contributed by atoms with Crippen LogP contribution in [0.15, 0.2) is 65.1 Å². The Kier molecular flexibility index (Phi) is 6.86. The Balaban J connectivity index is 1.60. The van der Waals surface area contributed by atoms with Gasteiger partial charge in [-0.1, -0.05) is 45.7 Å². The molecule has 0 radical (unpaired) electrons. The molecular weight excluding hydrogens is 459 g/mol. The van der Waals surface area contributed by atoms with Crippen LogP contribution in [0.4, 0.5) is 10.1 Å². The normalized spacial score (nSPS) is 10.3. The molecule has 0 heterocycles. The smallest absolute Gasteiger partial charge is 0.228 e. The van der Waals surface area contributed by atoms with E-state index >= 15 is 0 Å². The van der Waals surface area contributed by atoms with Crippen molar-refractivity contribution in [2.45, 2.75) is 13.0 Å². The van der Waals surface area contributed by atoms with Crippen molar-refractivity contribution in [2.24, 2.45) is 0 Å². The molecule has 4 nitrogen and oxygen atoms in total. The number of amides is 1. The minimum Gasteiger partial charge on any atom is -0.489 e. The number of ether oxygens (including phenoxy) is 1. The number of nitriles is 1. The van der Waals surface area contributed by atoms with E-state index in [1.807, 2.05) is 6.07 Å². The Morgan fingerprint density at radius 1 is 1.14 bits per heavy atom. The standard InChI is InChI=1S/C22H15BrClFN2O2/c23-19-11-17(27-21(28)10-15-2-1-3-20(25)22(15)24)7-6-16(19)13-29-18-8-4-14(12-26)5-9-18/h1-9,11H,10,13H2,(H,27,28). The lowest BCUT2D eigenvalue weighted by molar-refractivity contribution is -0.115. The lowest BCUT2D eigenvalue weighted by atomic mass is 10.1. The van der Waals surface area contributed by atoms with Crippen LogP contribution in [0.3, 0.4) is 0 Å². The van der Waals surface area contributed by atoms with Crippen molar-refractivity contribution >= 4 is 39.1 Å². The van der Waals surface area contributed by atoms with E-state index in [0.717, 1.165) is 10.0 Å². The van der Waals surface area contributed by atoms with E-state index in [4.69, 9.17) is 21.6 Å². The molecule has 146 valence electrons. The van der Waals surface area contributed by atoms with E-state index in [1.54, 1.807) is 42.5 Å². The van der Waals surface area contributed by atoms with E-state index in [1.165, 1.54) is 12.1 Å². The molecule has 0 saturated heterocycles. The fraction of sp³-hybridized carbons (Fsp3) is 0.0909. The summed E-state index contributed by atoms with van der Waals surface area (Å²) >= 11 is 9.37. The number of nitrogens with zero attached hydrogens (tertiary/aromatic N) is 1. The van der Waals surface area contributed by atoms with E-state index in [-0.39, 0.29) is 17.4 Å². The molecule has 0 aliphatic carbocycles. The highest BCUT2D eigenvalue weighted by atomic mass is 79.9. The summed E-state index contributed by atoms with van der Waals surface area (Å²) in [4.78, 5) is 12.2. The number of carbonyl (C=O) groups is 1. The van der Waals surface area contributed by atoms with Crippen LogP contribution in [-0.2, 0) is 17.8 Å². The van der Waals surface area contributed by atoms with Crippen LogP contribution in [0.25, 0.3) is 0 Å². The quantitative estimate of drug-likeness (QED) is 0.487. The van der Waals surface area contributed by atoms with Gasteiger partial charge in [0.1, 0.15) is 18.2 Å². The van der Waals surface area contributed by atoms with E-state index < -0.39 is 5.82 Å². The molecule has 0 aromatic heterocycles. The van der Waals surface area contributed by atoms with Gasteiger partial charge in [-0.05, 0) is 48.0 Å². The van der Waals surface area contributed by atoms with Gasteiger partial charge in [0.15, 0.2) is 0 Å². The molecule has 0 saturated carbocycles. The summed E-state index contributed by atoms with van der Waals surface area (Å²) in [5, 5.41) is 11.5. The van der Waals surface area contributed by atoms with Gasteiger partial charge in [-0.3, -0.25) is 4.79 Å². The maximum atomic E-state index is 13.5. The van der Waals surface area contributed by atoms with Crippen molar-refractivity contribution < 1.29 is 13.9 Å². The number of hydrogen-bond acceptors (Lipinski definition) is 3. The number of benzene rings is 3. The largest absolute Gasteiger partial charge is 0.489 e. The molecule has 0 spiro atoms. The fourth-order valence-corrected chi connectivity index (χ4v) is 3.28. The average Bonchev–Trinajstić information content (AvgIpc) is 2.71. The van der Waals surface area contributed by atoms with Crippen LogP contribution in [0.1, 0.15) is 16.7 Å². The van der Waals surface area contributed by atoms with Gasteiger partial charge < -0.3 is 10.1 Å². The lowest BCUT2D eigenvalue weighted by Gasteiger charge is -2.11. The molecule has 1 N–H and O–H groups in total. The maximum Gasteiger partial charge on any atom is 0.228 e. The van der Waals surface area contributed by atoms with Gasteiger partial charge in [-0.15, -0.1) is 0 Å². The molecule has 0 unspecified atom stereocenters. The Morgan fingerprint density at radius 2 is 1.90 bits per heavy atom. The van der Waals surface area contributed by atoms with Crippen molar-refractivity contribution in [3.05, 3.63) is 92.7 Å². The molecular formula is C22H15BrClFN2O2. The zero-order valence-electron chi connectivity index (χ0n) is 15.1. The molecule has 7 heteroatoms. The summed E-state index contributed by atoms with van der Waals surface area (Å²) in [6.07, 6.45) is -0.0300. The summed E-state index contributed by atoms with van der Waals surface area (Å²) in [5.74, 6) is -0.197. The molecule has 0 fully saturated rings. The molecule has 3 aromatic carbocycles. The van der Waals surface area contributed by atoms with Gasteiger partial charge in [0.05, 0.1) is 23.1 Å². The van der Waals surface area contributed by atoms with Gasteiger partial charge in [-0.25, -0.2) is 4.39 Å². The highest BCUT2D eigenvalue weighted by molar-refractivity contribution is 9.10. The summed E-state index contributed by atoms with van der Waals surface area (Å²) in [6, 6.07) is 18.6. The third kappa shape index (κ3) is 5.57. The second kappa shape index (κ2) is 9.55. The topological polar surface area (TPSA) is 62.1 Å². The van der Waals surface area contributed by atoms with Gasteiger partial charge >= 0.3 is 0 Å². The van der Waals surface area contributed by atoms with E-state index in [2.05, 4.69) is 27.3 Å². The van der Waals surface area contributed by atoms with Crippen LogP contribution < -0.4 is 10.1 Å². The maximum absolute atomic E-state index is 13.5. The molecule has 0 atom stereocenters. The van der Waals surface area contributed by atoms with Crippen molar-refractivity contribution in [3.63, 3.8) is 0 Å².